The Bertz CT molecular complexity index is 254. The SMILES string of the molecule is CCC(C)NC(=O)C(C)N(CCCO)C1CCC1. The molecule has 4 nitrogen and oxygen atoms in total. The predicted octanol–water partition coefficient (Wildman–Crippen LogP) is 1.53. The molecule has 0 saturated heterocycles. The van der Waals surface area contributed by atoms with Crippen LogP contribution in [0.15, 0.2) is 0 Å². The van der Waals surface area contributed by atoms with Crippen LogP contribution in [0.3, 0.4) is 0 Å². The van der Waals surface area contributed by atoms with E-state index in [1.807, 2.05) is 13.8 Å². The molecule has 1 saturated carbocycles. The second-order valence-corrected chi connectivity index (χ2v) is 5.39. The van der Waals surface area contributed by atoms with Crippen LogP contribution in [0.25, 0.3) is 0 Å². The smallest absolute Gasteiger partial charge is 0.237 e. The fourth-order valence-electron chi connectivity index (χ4n) is 2.28. The standard InChI is InChI=1S/C14H28N2O2/c1-4-11(2)15-14(18)12(3)16(9-6-10-17)13-7-5-8-13/h11-13,17H,4-10H2,1-3H3,(H,15,18). The van der Waals surface area contributed by atoms with Crippen molar-refractivity contribution in [2.45, 2.75) is 71.0 Å². The van der Waals surface area contributed by atoms with Crippen molar-refractivity contribution in [1.29, 1.82) is 0 Å². The van der Waals surface area contributed by atoms with Crippen LogP contribution < -0.4 is 5.32 Å². The predicted molar refractivity (Wildman–Crippen MR) is 73.4 cm³/mol. The molecule has 0 radical (unpaired) electrons. The van der Waals surface area contributed by atoms with Gasteiger partial charge in [0.2, 0.25) is 5.91 Å². The van der Waals surface area contributed by atoms with Gasteiger partial charge in [-0.3, -0.25) is 9.69 Å². The summed E-state index contributed by atoms with van der Waals surface area (Å²) >= 11 is 0. The summed E-state index contributed by atoms with van der Waals surface area (Å²) in [5.41, 5.74) is 0. The van der Waals surface area contributed by atoms with Gasteiger partial charge in [0.25, 0.3) is 0 Å². The van der Waals surface area contributed by atoms with Gasteiger partial charge in [-0.25, -0.2) is 0 Å². The summed E-state index contributed by atoms with van der Waals surface area (Å²) < 4.78 is 0. The molecule has 0 heterocycles. The van der Waals surface area contributed by atoms with E-state index in [4.69, 9.17) is 5.11 Å². The third-order valence-corrected chi connectivity index (χ3v) is 4.00. The van der Waals surface area contributed by atoms with E-state index in [1.54, 1.807) is 0 Å². The minimum absolute atomic E-state index is 0.0872. The molecule has 2 atom stereocenters. The third kappa shape index (κ3) is 4.25. The van der Waals surface area contributed by atoms with Gasteiger partial charge in [0, 0.05) is 25.2 Å². The Morgan fingerprint density at radius 3 is 2.56 bits per heavy atom. The van der Waals surface area contributed by atoms with Gasteiger partial charge >= 0.3 is 0 Å². The summed E-state index contributed by atoms with van der Waals surface area (Å²) in [5, 5.41) is 12.0. The fourth-order valence-corrected chi connectivity index (χ4v) is 2.28. The van der Waals surface area contributed by atoms with Crippen molar-refractivity contribution in [2.24, 2.45) is 0 Å². The lowest BCUT2D eigenvalue weighted by atomic mass is 9.90. The van der Waals surface area contributed by atoms with Crippen molar-refractivity contribution >= 4 is 5.91 Å². The van der Waals surface area contributed by atoms with Crippen molar-refractivity contribution in [3.63, 3.8) is 0 Å². The molecule has 0 aromatic rings. The van der Waals surface area contributed by atoms with Gasteiger partial charge in [-0.05, 0) is 39.5 Å². The van der Waals surface area contributed by atoms with Gasteiger partial charge in [0.05, 0.1) is 6.04 Å². The molecule has 1 aliphatic carbocycles. The van der Waals surface area contributed by atoms with E-state index in [1.165, 1.54) is 19.3 Å². The number of aliphatic hydroxyl groups excluding tert-OH is 1. The Morgan fingerprint density at radius 1 is 1.44 bits per heavy atom. The number of carbonyl (C=O) groups is 1. The first-order chi connectivity index (χ1) is 8.60. The molecule has 0 aromatic heterocycles. The molecule has 4 heteroatoms. The van der Waals surface area contributed by atoms with Crippen molar-refractivity contribution in [2.75, 3.05) is 13.2 Å². The van der Waals surface area contributed by atoms with Crippen LogP contribution in [0, 0.1) is 0 Å². The number of nitrogens with one attached hydrogen (secondary N) is 1. The van der Waals surface area contributed by atoms with Crippen molar-refractivity contribution in [3.05, 3.63) is 0 Å². The highest BCUT2D eigenvalue weighted by molar-refractivity contribution is 5.81. The first-order valence-corrected chi connectivity index (χ1v) is 7.27. The van der Waals surface area contributed by atoms with Crippen molar-refractivity contribution < 1.29 is 9.90 Å². The van der Waals surface area contributed by atoms with E-state index in [-0.39, 0.29) is 24.6 Å². The average Bonchev–Trinajstić information content (AvgIpc) is 2.30. The molecular formula is C14H28N2O2. The molecule has 0 aromatic carbocycles. The number of carbonyl (C=O) groups excluding carboxylic acids is 1. The molecule has 2 unspecified atom stereocenters. The molecule has 106 valence electrons. The first-order valence-electron chi connectivity index (χ1n) is 7.27. The number of amides is 1. The van der Waals surface area contributed by atoms with E-state index >= 15 is 0 Å². The number of hydrogen-bond donors (Lipinski definition) is 2. The Labute approximate surface area is 111 Å². The minimum Gasteiger partial charge on any atom is -0.396 e. The van der Waals surface area contributed by atoms with E-state index in [9.17, 15) is 4.79 Å². The molecule has 1 amide bonds. The molecule has 1 fully saturated rings. The zero-order chi connectivity index (χ0) is 13.5. The van der Waals surface area contributed by atoms with Gasteiger partial charge in [-0.1, -0.05) is 13.3 Å². The second kappa shape index (κ2) is 7.74. The molecule has 0 aliphatic heterocycles. The highest BCUT2D eigenvalue weighted by atomic mass is 16.3. The van der Waals surface area contributed by atoms with Gasteiger partial charge in [0.1, 0.15) is 0 Å². The molecule has 1 rings (SSSR count). The maximum absolute atomic E-state index is 12.1. The Hall–Kier alpha value is -0.610. The van der Waals surface area contributed by atoms with Crippen LogP contribution in [-0.2, 0) is 4.79 Å². The van der Waals surface area contributed by atoms with E-state index in [0.717, 1.165) is 19.4 Å². The Kier molecular flexibility index (Phi) is 6.65. The maximum atomic E-state index is 12.1. The summed E-state index contributed by atoms with van der Waals surface area (Å²) in [4.78, 5) is 14.4. The van der Waals surface area contributed by atoms with Crippen molar-refractivity contribution in [3.8, 4) is 0 Å². The van der Waals surface area contributed by atoms with Gasteiger partial charge in [-0.15, -0.1) is 0 Å². The molecule has 18 heavy (non-hydrogen) atoms. The maximum Gasteiger partial charge on any atom is 0.237 e. The number of hydrogen-bond acceptors (Lipinski definition) is 3. The minimum atomic E-state index is -0.0872. The van der Waals surface area contributed by atoms with Gasteiger partial charge < -0.3 is 10.4 Å². The van der Waals surface area contributed by atoms with E-state index in [0.29, 0.717) is 6.04 Å². The number of aliphatic hydroxyl groups is 1. The number of rotatable bonds is 8. The summed E-state index contributed by atoms with van der Waals surface area (Å²) in [6.45, 7) is 7.10. The van der Waals surface area contributed by atoms with Crippen LogP contribution in [0.5, 0.6) is 0 Å². The Balaban J connectivity index is 2.51. The zero-order valence-corrected chi connectivity index (χ0v) is 12.0. The first kappa shape index (κ1) is 15.4. The van der Waals surface area contributed by atoms with E-state index in [2.05, 4.69) is 17.1 Å². The van der Waals surface area contributed by atoms with Gasteiger partial charge in [-0.2, -0.15) is 0 Å². The van der Waals surface area contributed by atoms with Crippen LogP contribution in [0.1, 0.15) is 52.9 Å². The molecule has 0 spiro atoms. The second-order valence-electron chi connectivity index (χ2n) is 5.39. The van der Waals surface area contributed by atoms with Crippen LogP contribution in [0.2, 0.25) is 0 Å². The van der Waals surface area contributed by atoms with Crippen LogP contribution in [0.4, 0.5) is 0 Å². The van der Waals surface area contributed by atoms with Crippen LogP contribution >= 0.6 is 0 Å². The topological polar surface area (TPSA) is 52.6 Å². The quantitative estimate of drug-likeness (QED) is 0.692. The summed E-state index contributed by atoms with van der Waals surface area (Å²) in [5.74, 6) is 0.120. The fraction of sp³-hybridized carbons (Fsp3) is 0.929. The Morgan fingerprint density at radius 2 is 2.11 bits per heavy atom. The monoisotopic (exact) mass is 256 g/mol. The normalized spacial score (nSPS) is 19.4. The lowest BCUT2D eigenvalue weighted by Gasteiger charge is -2.41. The summed E-state index contributed by atoms with van der Waals surface area (Å²) in [6.07, 6.45) is 5.34. The van der Waals surface area contributed by atoms with E-state index < -0.39 is 0 Å². The summed E-state index contributed by atoms with van der Waals surface area (Å²) in [6, 6.07) is 0.686. The molecule has 1 aliphatic rings. The lowest BCUT2D eigenvalue weighted by Crippen LogP contribution is -2.53. The highest BCUT2D eigenvalue weighted by Crippen LogP contribution is 2.26. The average molecular weight is 256 g/mol. The molecule has 2 N–H and O–H groups in total. The zero-order valence-electron chi connectivity index (χ0n) is 12.0. The molecule has 0 bridgehead atoms. The third-order valence-electron chi connectivity index (χ3n) is 4.00. The largest absolute Gasteiger partial charge is 0.396 e. The van der Waals surface area contributed by atoms with Gasteiger partial charge in [0.15, 0.2) is 0 Å². The highest BCUT2D eigenvalue weighted by Gasteiger charge is 2.31. The molecular weight excluding hydrogens is 228 g/mol. The lowest BCUT2D eigenvalue weighted by molar-refractivity contribution is -0.128. The number of nitrogens with zero attached hydrogens (tertiary/aromatic N) is 1. The van der Waals surface area contributed by atoms with Crippen LogP contribution in [-0.4, -0.2) is 47.2 Å². The summed E-state index contributed by atoms with van der Waals surface area (Å²) in [7, 11) is 0. The van der Waals surface area contributed by atoms with Crippen molar-refractivity contribution in [1.82, 2.24) is 10.2 Å².